The summed E-state index contributed by atoms with van der Waals surface area (Å²) in [6, 6.07) is 5.88. The van der Waals surface area contributed by atoms with E-state index >= 15 is 0 Å². The number of nitrogens with zero attached hydrogens (tertiary/aromatic N) is 2. The number of alkyl halides is 3. The molecule has 2 rings (SSSR count). The summed E-state index contributed by atoms with van der Waals surface area (Å²) in [5.41, 5.74) is 0.934. The Morgan fingerprint density at radius 2 is 1.78 bits per heavy atom. The molecule has 1 aromatic heterocycles. The van der Waals surface area contributed by atoms with Crippen molar-refractivity contribution in [2.24, 2.45) is 0 Å². The molecule has 0 aliphatic carbocycles. The van der Waals surface area contributed by atoms with Gasteiger partial charge in [0.05, 0.1) is 11.1 Å². The number of anilines is 1. The van der Waals surface area contributed by atoms with Gasteiger partial charge in [-0.1, -0.05) is 6.07 Å². The summed E-state index contributed by atoms with van der Waals surface area (Å²) in [5.74, 6) is 0. The average Bonchev–Trinajstić information content (AvgIpc) is 2.25. The molecule has 1 heterocycles. The molecule has 1 aromatic carbocycles. The molecule has 0 saturated carbocycles. The number of benzene rings is 1. The highest BCUT2D eigenvalue weighted by Crippen LogP contribution is 2.35. The second kappa shape index (κ2) is 4.15. The second-order valence-corrected chi connectivity index (χ2v) is 4.40. The molecule has 0 aliphatic rings. The van der Waals surface area contributed by atoms with E-state index in [1.807, 2.05) is 19.0 Å². The number of hydrogen-bond donors (Lipinski definition) is 0. The van der Waals surface area contributed by atoms with Gasteiger partial charge in [0.1, 0.15) is 0 Å². The third kappa shape index (κ3) is 2.25. The van der Waals surface area contributed by atoms with Crippen molar-refractivity contribution in [3.8, 4) is 0 Å². The molecule has 0 amide bonds. The first kappa shape index (κ1) is 12.7. The Morgan fingerprint density at radius 3 is 2.33 bits per heavy atom. The van der Waals surface area contributed by atoms with Crippen molar-refractivity contribution in [1.29, 1.82) is 0 Å². The van der Waals surface area contributed by atoms with Crippen LogP contribution in [0.25, 0.3) is 10.9 Å². The van der Waals surface area contributed by atoms with Crippen LogP contribution in [0.15, 0.2) is 24.3 Å². The smallest absolute Gasteiger partial charge is 0.378 e. The standard InChI is InChI=1S/C13H13F3N2/c1-8-6-11(13(14,15)16)10-5-4-9(18(2)3)7-12(10)17-8/h4-7H,1-3H3. The molecule has 2 nitrogen and oxygen atoms in total. The highest BCUT2D eigenvalue weighted by Gasteiger charge is 2.33. The normalized spacial score (nSPS) is 11.9. The molecular formula is C13H13F3N2. The molecule has 0 atom stereocenters. The molecule has 18 heavy (non-hydrogen) atoms. The number of fused-ring (bicyclic) bond motifs is 1. The van der Waals surface area contributed by atoms with Gasteiger partial charge in [0.25, 0.3) is 0 Å². The van der Waals surface area contributed by atoms with E-state index in [0.29, 0.717) is 11.2 Å². The number of rotatable bonds is 1. The summed E-state index contributed by atoms with van der Waals surface area (Å²) in [7, 11) is 3.67. The van der Waals surface area contributed by atoms with Crippen LogP contribution < -0.4 is 4.90 Å². The van der Waals surface area contributed by atoms with Crippen LogP contribution in [-0.4, -0.2) is 19.1 Å². The predicted molar refractivity (Wildman–Crippen MR) is 65.8 cm³/mol. The van der Waals surface area contributed by atoms with Crippen LogP contribution in [0.5, 0.6) is 0 Å². The molecule has 0 spiro atoms. The first-order valence-corrected chi connectivity index (χ1v) is 5.45. The topological polar surface area (TPSA) is 16.1 Å². The van der Waals surface area contributed by atoms with Crippen LogP contribution >= 0.6 is 0 Å². The molecule has 0 radical (unpaired) electrons. The fourth-order valence-corrected chi connectivity index (χ4v) is 1.86. The van der Waals surface area contributed by atoms with Gasteiger partial charge in [0.15, 0.2) is 0 Å². The van der Waals surface area contributed by atoms with Gasteiger partial charge in [0.2, 0.25) is 0 Å². The largest absolute Gasteiger partial charge is 0.417 e. The maximum Gasteiger partial charge on any atom is 0.417 e. The third-order valence-corrected chi connectivity index (χ3v) is 2.74. The fraction of sp³-hybridized carbons (Fsp3) is 0.308. The average molecular weight is 254 g/mol. The van der Waals surface area contributed by atoms with Crippen LogP contribution in [-0.2, 0) is 6.18 Å². The molecule has 0 unspecified atom stereocenters. The van der Waals surface area contributed by atoms with Gasteiger partial charge in [-0.3, -0.25) is 4.98 Å². The Balaban J connectivity index is 2.75. The third-order valence-electron chi connectivity index (χ3n) is 2.74. The lowest BCUT2D eigenvalue weighted by atomic mass is 10.1. The van der Waals surface area contributed by atoms with Crippen molar-refractivity contribution in [2.45, 2.75) is 13.1 Å². The lowest BCUT2D eigenvalue weighted by molar-refractivity contribution is -0.136. The summed E-state index contributed by atoms with van der Waals surface area (Å²) >= 11 is 0. The zero-order valence-corrected chi connectivity index (χ0v) is 10.3. The number of aromatic nitrogens is 1. The quantitative estimate of drug-likeness (QED) is 0.772. The highest BCUT2D eigenvalue weighted by atomic mass is 19.4. The lowest BCUT2D eigenvalue weighted by Crippen LogP contribution is -2.10. The van der Waals surface area contributed by atoms with Gasteiger partial charge >= 0.3 is 6.18 Å². The molecule has 96 valence electrons. The van der Waals surface area contributed by atoms with E-state index in [-0.39, 0.29) is 5.39 Å². The van der Waals surface area contributed by atoms with Crippen molar-refractivity contribution < 1.29 is 13.2 Å². The molecule has 0 aliphatic heterocycles. The van der Waals surface area contributed by atoms with Crippen molar-refractivity contribution in [2.75, 3.05) is 19.0 Å². The summed E-state index contributed by atoms with van der Waals surface area (Å²) in [4.78, 5) is 6.00. The minimum atomic E-state index is -4.36. The Morgan fingerprint density at radius 1 is 1.11 bits per heavy atom. The van der Waals surface area contributed by atoms with Crippen molar-refractivity contribution in [1.82, 2.24) is 4.98 Å². The van der Waals surface area contributed by atoms with Gasteiger partial charge in [-0.15, -0.1) is 0 Å². The molecular weight excluding hydrogens is 241 g/mol. The van der Waals surface area contributed by atoms with Crippen LogP contribution in [0.3, 0.4) is 0 Å². The molecule has 0 bridgehead atoms. The van der Waals surface area contributed by atoms with E-state index in [1.165, 1.54) is 6.07 Å². The lowest BCUT2D eigenvalue weighted by Gasteiger charge is -2.15. The monoisotopic (exact) mass is 254 g/mol. The van der Waals surface area contributed by atoms with Gasteiger partial charge in [-0.2, -0.15) is 13.2 Å². The Bertz CT molecular complexity index is 589. The van der Waals surface area contributed by atoms with E-state index in [1.54, 1.807) is 19.1 Å². The predicted octanol–water partition coefficient (Wildman–Crippen LogP) is 3.63. The van der Waals surface area contributed by atoms with Crippen LogP contribution in [0, 0.1) is 6.92 Å². The minimum Gasteiger partial charge on any atom is -0.378 e. The Kier molecular flexibility index (Phi) is 2.92. The maximum atomic E-state index is 12.9. The van der Waals surface area contributed by atoms with E-state index in [9.17, 15) is 13.2 Å². The molecule has 0 fully saturated rings. The van der Waals surface area contributed by atoms with E-state index < -0.39 is 11.7 Å². The van der Waals surface area contributed by atoms with E-state index in [4.69, 9.17) is 0 Å². The van der Waals surface area contributed by atoms with Crippen LogP contribution in [0.4, 0.5) is 18.9 Å². The molecule has 0 saturated heterocycles. The first-order valence-electron chi connectivity index (χ1n) is 5.45. The van der Waals surface area contributed by atoms with Crippen LogP contribution in [0.1, 0.15) is 11.3 Å². The van der Waals surface area contributed by atoms with Gasteiger partial charge in [0, 0.05) is 30.9 Å². The number of pyridine rings is 1. The number of halogens is 3. The van der Waals surface area contributed by atoms with E-state index in [0.717, 1.165) is 11.8 Å². The Hall–Kier alpha value is -1.78. The first-order chi connectivity index (χ1) is 8.29. The number of hydrogen-bond acceptors (Lipinski definition) is 2. The SMILES string of the molecule is Cc1cc(C(F)(F)F)c2ccc(N(C)C)cc2n1. The zero-order valence-electron chi connectivity index (χ0n) is 10.3. The minimum absolute atomic E-state index is 0.138. The van der Waals surface area contributed by atoms with Gasteiger partial charge in [-0.25, -0.2) is 0 Å². The van der Waals surface area contributed by atoms with Crippen molar-refractivity contribution in [3.05, 3.63) is 35.5 Å². The van der Waals surface area contributed by atoms with Crippen molar-refractivity contribution >= 4 is 16.6 Å². The van der Waals surface area contributed by atoms with E-state index in [2.05, 4.69) is 4.98 Å². The maximum absolute atomic E-state index is 12.9. The van der Waals surface area contributed by atoms with Crippen molar-refractivity contribution in [3.63, 3.8) is 0 Å². The summed E-state index contributed by atoms with van der Waals surface area (Å²) in [6.45, 7) is 1.57. The second-order valence-electron chi connectivity index (χ2n) is 4.40. The molecule has 2 aromatic rings. The molecule has 5 heteroatoms. The number of aryl methyl sites for hydroxylation is 1. The summed E-state index contributed by atoms with van der Waals surface area (Å²) < 4.78 is 38.8. The fourth-order valence-electron chi connectivity index (χ4n) is 1.86. The molecule has 0 N–H and O–H groups in total. The Labute approximate surface area is 103 Å². The van der Waals surface area contributed by atoms with Gasteiger partial charge in [-0.05, 0) is 25.1 Å². The summed E-state index contributed by atoms with van der Waals surface area (Å²) in [6.07, 6.45) is -4.36. The zero-order chi connectivity index (χ0) is 13.5. The summed E-state index contributed by atoms with van der Waals surface area (Å²) in [5, 5.41) is 0.138. The van der Waals surface area contributed by atoms with Gasteiger partial charge < -0.3 is 4.90 Å². The van der Waals surface area contributed by atoms with Crippen LogP contribution in [0.2, 0.25) is 0 Å². The highest BCUT2D eigenvalue weighted by molar-refractivity contribution is 5.86.